The fourth-order valence-corrected chi connectivity index (χ4v) is 3.52. The molecule has 0 spiro atoms. The van der Waals surface area contributed by atoms with Crippen LogP contribution in [0, 0.1) is 0 Å². The summed E-state index contributed by atoms with van der Waals surface area (Å²) in [5, 5.41) is 5.09. The van der Waals surface area contributed by atoms with Gasteiger partial charge in [-0.05, 0) is 38.0 Å². The summed E-state index contributed by atoms with van der Waals surface area (Å²) in [4.78, 5) is 23.2. The van der Waals surface area contributed by atoms with Crippen molar-refractivity contribution in [3.05, 3.63) is 53.3 Å². The van der Waals surface area contributed by atoms with Gasteiger partial charge in [-0.3, -0.25) is 14.8 Å². The van der Waals surface area contributed by atoms with Crippen LogP contribution in [0.2, 0.25) is 0 Å². The molecule has 0 saturated carbocycles. The van der Waals surface area contributed by atoms with E-state index in [4.69, 9.17) is 0 Å². The number of fused-ring (bicyclic) bond motifs is 1. The summed E-state index contributed by atoms with van der Waals surface area (Å²) < 4.78 is 0. The van der Waals surface area contributed by atoms with Gasteiger partial charge in [0.15, 0.2) is 0 Å². The normalized spacial score (nSPS) is 20.6. The molecular formula is C18H22N6O. The number of rotatable bonds is 3. The van der Waals surface area contributed by atoms with Gasteiger partial charge in [-0.2, -0.15) is 0 Å². The first kappa shape index (κ1) is 15.8. The molecule has 1 aromatic heterocycles. The molecule has 0 atom stereocenters. The second-order valence-electron chi connectivity index (χ2n) is 6.45. The molecule has 7 heteroatoms. The first-order valence-corrected chi connectivity index (χ1v) is 8.67. The molecule has 130 valence electrons. The third kappa shape index (κ3) is 3.15. The van der Waals surface area contributed by atoms with Crippen LogP contribution < -0.4 is 10.7 Å². The molecule has 4 rings (SSSR count). The SMILES string of the molecule is CC1=C(N2CCC(NC(=O)c3ccccn3)CC2)C2=CCNN2C=N1. The van der Waals surface area contributed by atoms with Crippen molar-refractivity contribution in [1.29, 1.82) is 0 Å². The molecule has 4 heterocycles. The minimum Gasteiger partial charge on any atom is -0.368 e. The highest BCUT2D eigenvalue weighted by molar-refractivity contribution is 5.92. The van der Waals surface area contributed by atoms with Crippen LogP contribution in [0.1, 0.15) is 30.3 Å². The lowest BCUT2D eigenvalue weighted by atomic mass is 10.0. The monoisotopic (exact) mass is 338 g/mol. The average Bonchev–Trinajstić information content (AvgIpc) is 3.12. The topological polar surface area (TPSA) is 72.9 Å². The van der Waals surface area contributed by atoms with Gasteiger partial charge in [0.25, 0.3) is 5.91 Å². The Labute approximate surface area is 147 Å². The summed E-state index contributed by atoms with van der Waals surface area (Å²) in [6.45, 7) is 4.69. The van der Waals surface area contributed by atoms with Crippen molar-refractivity contribution in [2.75, 3.05) is 19.6 Å². The van der Waals surface area contributed by atoms with E-state index < -0.39 is 0 Å². The molecule has 0 unspecified atom stereocenters. The lowest BCUT2D eigenvalue weighted by Crippen LogP contribution is -2.46. The number of amides is 1. The molecule has 3 aliphatic heterocycles. The molecule has 3 aliphatic rings. The van der Waals surface area contributed by atoms with Gasteiger partial charge in [0, 0.05) is 31.9 Å². The largest absolute Gasteiger partial charge is 0.368 e. The number of piperidine rings is 1. The van der Waals surface area contributed by atoms with E-state index in [2.05, 4.69) is 38.6 Å². The molecule has 0 radical (unpaired) electrons. The number of carbonyl (C=O) groups is 1. The third-order valence-electron chi connectivity index (χ3n) is 4.81. The molecule has 7 nitrogen and oxygen atoms in total. The molecule has 1 saturated heterocycles. The van der Waals surface area contributed by atoms with E-state index in [1.165, 1.54) is 11.4 Å². The number of allylic oxidation sites excluding steroid dienone is 1. The van der Waals surface area contributed by atoms with Crippen molar-refractivity contribution in [2.45, 2.75) is 25.8 Å². The van der Waals surface area contributed by atoms with Crippen molar-refractivity contribution in [3.63, 3.8) is 0 Å². The Bertz CT molecular complexity index is 746. The quantitative estimate of drug-likeness (QED) is 0.868. The maximum atomic E-state index is 12.3. The molecule has 0 aromatic carbocycles. The van der Waals surface area contributed by atoms with Gasteiger partial charge >= 0.3 is 0 Å². The van der Waals surface area contributed by atoms with Gasteiger partial charge in [-0.1, -0.05) is 6.07 Å². The van der Waals surface area contributed by atoms with E-state index >= 15 is 0 Å². The van der Waals surface area contributed by atoms with Crippen LogP contribution in [0.25, 0.3) is 0 Å². The zero-order chi connectivity index (χ0) is 17.2. The van der Waals surface area contributed by atoms with E-state index in [-0.39, 0.29) is 11.9 Å². The highest BCUT2D eigenvalue weighted by atomic mass is 16.1. The van der Waals surface area contributed by atoms with Gasteiger partial charge in [-0.15, -0.1) is 0 Å². The minimum absolute atomic E-state index is 0.0920. The lowest BCUT2D eigenvalue weighted by molar-refractivity contribution is 0.0912. The van der Waals surface area contributed by atoms with E-state index in [1.54, 1.807) is 12.3 Å². The summed E-state index contributed by atoms with van der Waals surface area (Å²) in [5.74, 6) is -0.0920. The molecule has 1 aromatic rings. The number of nitrogens with zero attached hydrogens (tertiary/aromatic N) is 4. The zero-order valence-corrected chi connectivity index (χ0v) is 14.3. The summed E-state index contributed by atoms with van der Waals surface area (Å²) >= 11 is 0. The highest BCUT2D eigenvalue weighted by Gasteiger charge is 2.30. The van der Waals surface area contributed by atoms with Crippen LogP contribution in [0.3, 0.4) is 0 Å². The summed E-state index contributed by atoms with van der Waals surface area (Å²) in [6, 6.07) is 5.57. The van der Waals surface area contributed by atoms with E-state index in [0.29, 0.717) is 5.69 Å². The Hall–Kier alpha value is -2.67. The van der Waals surface area contributed by atoms with Crippen molar-refractivity contribution in [1.82, 2.24) is 25.6 Å². The number of aromatic nitrogens is 1. The molecular weight excluding hydrogens is 316 g/mol. The van der Waals surface area contributed by atoms with Gasteiger partial charge < -0.3 is 10.2 Å². The van der Waals surface area contributed by atoms with Crippen LogP contribution in [-0.4, -0.2) is 52.8 Å². The van der Waals surface area contributed by atoms with Crippen molar-refractivity contribution in [3.8, 4) is 0 Å². The highest BCUT2D eigenvalue weighted by Crippen LogP contribution is 2.29. The number of nitrogens with one attached hydrogen (secondary N) is 2. The standard InChI is InChI=1S/C18H22N6O/c1-13-17(16-5-9-21-24(16)12-20-13)23-10-6-14(7-11-23)22-18(25)15-4-2-3-8-19-15/h2-5,8,12,14,21H,6-7,9-11H2,1H3,(H,22,25). The Morgan fingerprint density at radius 1 is 1.32 bits per heavy atom. The maximum Gasteiger partial charge on any atom is 0.270 e. The Morgan fingerprint density at radius 3 is 2.92 bits per heavy atom. The number of likely N-dealkylation sites (tertiary alicyclic amines) is 1. The number of pyridine rings is 1. The second kappa shape index (κ2) is 6.68. The summed E-state index contributed by atoms with van der Waals surface area (Å²) in [6.07, 6.45) is 7.50. The molecule has 1 fully saturated rings. The van der Waals surface area contributed by atoms with Gasteiger partial charge in [0.05, 0.1) is 17.1 Å². The molecule has 1 amide bonds. The van der Waals surface area contributed by atoms with E-state index in [1.807, 2.05) is 23.5 Å². The summed E-state index contributed by atoms with van der Waals surface area (Å²) in [5.41, 5.74) is 7.17. The predicted molar refractivity (Wildman–Crippen MR) is 95.4 cm³/mol. The molecule has 0 bridgehead atoms. The minimum atomic E-state index is -0.0920. The third-order valence-corrected chi connectivity index (χ3v) is 4.81. The lowest BCUT2D eigenvalue weighted by Gasteiger charge is -2.38. The van der Waals surface area contributed by atoms with Crippen LogP contribution in [0.5, 0.6) is 0 Å². The maximum absolute atomic E-state index is 12.3. The molecule has 2 N–H and O–H groups in total. The number of aliphatic imine (C=N–C) groups is 1. The number of hydrogen-bond acceptors (Lipinski definition) is 6. The zero-order valence-electron chi connectivity index (χ0n) is 14.3. The van der Waals surface area contributed by atoms with Gasteiger partial charge in [0.1, 0.15) is 12.0 Å². The Morgan fingerprint density at radius 2 is 2.16 bits per heavy atom. The van der Waals surface area contributed by atoms with Crippen molar-refractivity contribution >= 4 is 12.2 Å². The predicted octanol–water partition coefficient (Wildman–Crippen LogP) is 1.25. The first-order valence-electron chi connectivity index (χ1n) is 8.67. The second-order valence-corrected chi connectivity index (χ2v) is 6.45. The van der Waals surface area contributed by atoms with Crippen LogP contribution in [0.4, 0.5) is 0 Å². The molecule has 0 aliphatic carbocycles. The average molecular weight is 338 g/mol. The van der Waals surface area contributed by atoms with Gasteiger partial charge in [-0.25, -0.2) is 10.4 Å². The summed E-state index contributed by atoms with van der Waals surface area (Å²) in [7, 11) is 0. The Kier molecular flexibility index (Phi) is 4.23. The molecule has 25 heavy (non-hydrogen) atoms. The fourth-order valence-electron chi connectivity index (χ4n) is 3.52. The van der Waals surface area contributed by atoms with Crippen molar-refractivity contribution in [2.24, 2.45) is 4.99 Å². The van der Waals surface area contributed by atoms with Gasteiger partial charge in [0.2, 0.25) is 0 Å². The number of hydrogen-bond donors (Lipinski definition) is 2. The van der Waals surface area contributed by atoms with Crippen LogP contribution in [-0.2, 0) is 0 Å². The van der Waals surface area contributed by atoms with Crippen molar-refractivity contribution < 1.29 is 4.79 Å². The first-order chi connectivity index (χ1) is 12.2. The Balaban J connectivity index is 1.39. The van der Waals surface area contributed by atoms with E-state index in [0.717, 1.165) is 38.2 Å². The van der Waals surface area contributed by atoms with Crippen LogP contribution in [0.15, 0.2) is 52.6 Å². The fraction of sp³-hybridized carbons (Fsp3) is 0.389. The number of carbonyl (C=O) groups excluding carboxylic acids is 1. The smallest absolute Gasteiger partial charge is 0.270 e. The van der Waals surface area contributed by atoms with Crippen LogP contribution >= 0.6 is 0 Å². The number of hydrazine groups is 1. The van der Waals surface area contributed by atoms with E-state index in [9.17, 15) is 4.79 Å².